The molecule has 0 radical (unpaired) electrons. The third-order valence-corrected chi connectivity index (χ3v) is 27.3. The van der Waals surface area contributed by atoms with E-state index < -0.39 is 11.4 Å². The smallest absolute Gasteiger partial charge is 0.355 e. The maximum absolute atomic E-state index is 4.94. The molecule has 0 amide bonds. The Kier molecular flexibility index (Phi) is 29.6. The minimum absolute atomic E-state index is 0.793. The molecule has 0 spiro atoms. The van der Waals surface area contributed by atoms with Crippen molar-refractivity contribution in [3.05, 3.63) is 564 Å². The summed E-state index contributed by atoms with van der Waals surface area (Å²) in [5, 5.41) is 12.8. The molecular weight excluding hydrogens is 2060 g/mol. The van der Waals surface area contributed by atoms with Crippen molar-refractivity contribution in [1.29, 1.82) is 0 Å². The average molecular weight is 2160 g/mol. The third-order valence-electron chi connectivity index (χ3n) is 26.0. The number of hydrogen-bond donors (Lipinski definition) is 2. The molecule has 696 valence electrons. The summed E-state index contributed by atoms with van der Waals surface area (Å²) < 4.78 is 9.84. The molecule has 9 nitrogen and oxygen atoms in total. The Hall–Kier alpha value is -15.3. The highest BCUT2D eigenvalue weighted by Gasteiger charge is 2.24. The number of aromatic nitrogens is 5. The van der Waals surface area contributed by atoms with E-state index >= 15 is 0 Å². The van der Waals surface area contributed by atoms with Crippen molar-refractivity contribution in [3.8, 4) is 0 Å². The molecule has 0 unspecified atom stereocenters. The van der Waals surface area contributed by atoms with Crippen molar-refractivity contribution >= 4 is 264 Å². The van der Waals surface area contributed by atoms with Crippen LogP contribution in [0.25, 0.3) is 109 Å². The Morgan fingerprint density at radius 2 is 0.361 bits per heavy atom. The second-order valence-corrected chi connectivity index (χ2v) is 44.0. The lowest BCUT2D eigenvalue weighted by molar-refractivity contribution is 0.869. The highest BCUT2D eigenvalue weighted by Crippen LogP contribution is 2.46. The van der Waals surface area contributed by atoms with Gasteiger partial charge in [-0.05, 0) is 292 Å². The summed E-state index contributed by atoms with van der Waals surface area (Å²) in [5.41, 5.74) is 29.8. The highest BCUT2D eigenvalue weighted by molar-refractivity contribution is 14.1. The lowest BCUT2D eigenvalue weighted by Crippen LogP contribution is -2.09. The van der Waals surface area contributed by atoms with Crippen LogP contribution in [0.4, 0.5) is 68.2 Å². The summed E-state index contributed by atoms with van der Waals surface area (Å²) >= 11 is 3.06. The van der Waals surface area contributed by atoms with E-state index in [0.29, 0.717) is 0 Å². The first kappa shape index (κ1) is 94.9. The van der Waals surface area contributed by atoms with Crippen LogP contribution in [0.5, 0.6) is 0 Å². The molecule has 0 saturated carbocycles. The molecule has 21 aromatic carbocycles. The van der Waals surface area contributed by atoms with Crippen LogP contribution in [0, 0.1) is 7.14 Å². The molecule has 0 aliphatic carbocycles. The van der Waals surface area contributed by atoms with Gasteiger partial charge in [-0.3, -0.25) is 0 Å². The maximum Gasteiger partial charge on any atom is 0.643 e. The Balaban J connectivity index is 0.000000111. The van der Waals surface area contributed by atoms with E-state index in [4.69, 9.17) is 30.1 Å². The predicted octanol–water partition coefficient (Wildman–Crippen LogP) is 37.9. The van der Waals surface area contributed by atoms with E-state index in [1.165, 1.54) is 122 Å². The van der Waals surface area contributed by atoms with Gasteiger partial charge in [0.25, 0.3) is 0 Å². The second kappa shape index (κ2) is 44.9. The number of anilines is 12. The van der Waals surface area contributed by atoms with Gasteiger partial charge in [-0.25, -0.2) is 30.1 Å². The zero-order valence-corrected chi connectivity index (χ0v) is 86.3. The molecule has 5 heterocycles. The summed E-state index contributed by atoms with van der Waals surface area (Å²) in [6.07, 6.45) is 0. The Labute approximate surface area is 882 Å². The van der Waals surface area contributed by atoms with Crippen LogP contribution in [-0.4, -0.2) is 35.1 Å². The highest BCUT2D eigenvalue weighted by atomic mass is 127. The van der Waals surface area contributed by atoms with Gasteiger partial charge in [0, 0.05) is 204 Å². The van der Waals surface area contributed by atoms with Crippen molar-refractivity contribution in [3.63, 3.8) is 0 Å². The van der Waals surface area contributed by atoms with Gasteiger partial charge in [-0.1, -0.05) is 309 Å². The minimum Gasteiger partial charge on any atom is -0.355 e. The fourth-order valence-electron chi connectivity index (χ4n) is 19.6. The van der Waals surface area contributed by atoms with Crippen LogP contribution in [-0.2, 0) is 19.6 Å². The predicted molar refractivity (Wildman–Crippen MR) is 634 cm³/mol. The fraction of sp³-hybridized carbons (Fsp3) is 0.0233. The SMILES string of the molecule is Ic1ccc2c(c1)c1cc(I)ccc1n2Cc1ccccc1.[Cl][Al]([Cl])[Cl].c1ccc(Cn2c3ccc(N(c4ccccc4)c4ccccc4)cc3c3cc(N(c4ccccc4)c4ccccc4)ccc32)cc1.c1ccc(Cn2c3ccccc3c3ccccc32)cc1.c1ccc(N(c2ccccc2)c2ccc3[nH]c4ccc(N(c5ccccc5)c5ccccc5)cc4c3c2)cc1.c1ccc2c(c1)[nH]c1ccccc12. The van der Waals surface area contributed by atoms with E-state index in [2.05, 4.69) is 628 Å². The van der Waals surface area contributed by atoms with Crippen molar-refractivity contribution in [2.75, 3.05) is 19.6 Å². The first-order chi connectivity index (χ1) is 71.0. The molecule has 5 aromatic heterocycles. The molecule has 0 atom stereocenters. The number of H-pyrrole nitrogens is 2. The average Bonchev–Trinajstić information content (AvgIpc) is 1.58. The molecule has 144 heavy (non-hydrogen) atoms. The quantitative estimate of drug-likeness (QED) is 0.0664. The van der Waals surface area contributed by atoms with Crippen molar-refractivity contribution in [2.45, 2.75) is 19.6 Å². The molecule has 0 saturated heterocycles. The molecule has 0 aliphatic heterocycles. The van der Waals surface area contributed by atoms with Crippen LogP contribution >= 0.6 is 75.3 Å². The van der Waals surface area contributed by atoms with Crippen molar-refractivity contribution in [2.24, 2.45) is 0 Å². The lowest BCUT2D eigenvalue weighted by Gasteiger charge is -2.26. The maximum atomic E-state index is 4.94. The molecule has 0 bridgehead atoms. The van der Waals surface area contributed by atoms with E-state index in [-0.39, 0.29) is 0 Å². The Morgan fingerprint density at radius 1 is 0.174 bits per heavy atom. The van der Waals surface area contributed by atoms with Crippen molar-refractivity contribution in [1.82, 2.24) is 23.7 Å². The van der Waals surface area contributed by atoms with Gasteiger partial charge in [0.2, 0.25) is 0 Å². The lowest BCUT2D eigenvalue weighted by atomic mass is 10.1. The number of nitrogens with zero attached hydrogens (tertiary/aromatic N) is 7. The Morgan fingerprint density at radius 3 is 0.625 bits per heavy atom. The van der Waals surface area contributed by atoms with Crippen LogP contribution < -0.4 is 19.6 Å². The second-order valence-electron chi connectivity index (χ2n) is 35.0. The Bertz CT molecular complexity index is 8210. The normalized spacial score (nSPS) is 11.0. The van der Waals surface area contributed by atoms with E-state index in [1.807, 2.05) is 0 Å². The standard InChI is InChI=1S/C43H33N3.C36H27N3.C19H13I2N.C19H15N.C12H9N.Al.3ClH/c1-6-16-33(17-7-1)32-44-42-28-26-38(45(34-18-8-2-9-19-34)35-20-10-3-11-21-35)30-40(42)41-31-39(27-29-43(41)44)46(36-22-12-4-13-23-36)37-24-14-5-15-25-37;1-5-13-27(14-6-1)38(28-15-7-2-8-16-28)31-21-23-35-33(25-31)34-26-32(22-24-36(34)37-35)39(29-17-9-3-10-18-29)30-19-11-4-12-20-30;20-14-6-8-18-16(10-14)17-11-15(21)7-9-19(17)22(18)12-13-4-2-1-3-5-13;1-2-8-15(9-3-1)14-20-18-12-6-4-10-16(18)17-11-5-7-13-19(17)20;1-3-7-11-9(5-1)10-6-2-4-8-12(10)13-11;;;;/h1-31H,32H2;1-26,37H;1-11H,12H2;1-13H,14H2;1-8,13H;;3*1H/q;;;;;+3;;;/p-3. The van der Waals surface area contributed by atoms with Gasteiger partial charge in [0.05, 0.1) is 0 Å². The first-order valence-electron chi connectivity index (χ1n) is 48.1. The number of benzene rings is 21. The summed E-state index contributed by atoms with van der Waals surface area (Å²) in [5.74, 6) is 0. The van der Waals surface area contributed by atoms with E-state index in [0.717, 1.165) is 98.9 Å². The zero-order chi connectivity index (χ0) is 97.4. The summed E-state index contributed by atoms with van der Waals surface area (Å²) in [4.78, 5) is 16.3. The van der Waals surface area contributed by atoms with E-state index in [9.17, 15) is 0 Å². The van der Waals surface area contributed by atoms with Gasteiger partial charge in [0.1, 0.15) is 0 Å². The molecular formula is C129H97AlCl3I2N9. The number of aromatic amines is 2. The zero-order valence-electron chi connectivity index (χ0n) is 78.6. The number of halogens is 5. The summed E-state index contributed by atoms with van der Waals surface area (Å²) in [7, 11) is 14.8. The van der Waals surface area contributed by atoms with Crippen LogP contribution in [0.15, 0.2) is 540 Å². The molecule has 26 aromatic rings. The number of fused-ring (bicyclic) bond motifs is 15. The molecule has 26 rings (SSSR count). The topological polar surface area (TPSA) is 59.3 Å². The largest absolute Gasteiger partial charge is 0.643 e. The first-order valence-corrected chi connectivity index (χ1v) is 55.5. The monoisotopic (exact) mass is 2160 g/mol. The third kappa shape index (κ3) is 21.3. The van der Waals surface area contributed by atoms with E-state index in [1.54, 1.807) is 0 Å². The van der Waals surface area contributed by atoms with Crippen LogP contribution in [0.2, 0.25) is 0 Å². The number of para-hydroxylation sites is 12. The van der Waals surface area contributed by atoms with Gasteiger partial charge >= 0.3 is 11.4 Å². The molecule has 0 aliphatic rings. The van der Waals surface area contributed by atoms with Crippen LogP contribution in [0.1, 0.15) is 16.7 Å². The van der Waals surface area contributed by atoms with Gasteiger partial charge < -0.3 is 43.3 Å². The minimum atomic E-state index is -1.72. The number of rotatable bonds is 18. The fourth-order valence-corrected chi connectivity index (χ4v) is 20.6. The van der Waals surface area contributed by atoms with Gasteiger partial charge in [-0.15, -0.1) is 0 Å². The number of nitrogens with one attached hydrogen (secondary N) is 2. The van der Waals surface area contributed by atoms with Crippen molar-refractivity contribution < 1.29 is 0 Å². The molecule has 2 N–H and O–H groups in total. The van der Waals surface area contributed by atoms with Gasteiger partial charge in [-0.2, -0.15) is 0 Å². The summed E-state index contributed by atoms with van der Waals surface area (Å²) in [6, 6.07) is 191. The number of hydrogen-bond acceptors (Lipinski definition) is 4. The van der Waals surface area contributed by atoms with Crippen LogP contribution in [0.3, 0.4) is 0 Å². The molecule has 0 fully saturated rings. The van der Waals surface area contributed by atoms with Gasteiger partial charge in [0.15, 0.2) is 0 Å². The molecule has 15 heteroatoms. The summed E-state index contributed by atoms with van der Waals surface area (Å²) in [6.45, 7) is 2.61.